The van der Waals surface area contributed by atoms with Crippen molar-refractivity contribution in [1.82, 2.24) is 10.2 Å². The lowest BCUT2D eigenvalue weighted by Crippen LogP contribution is -2.44. The van der Waals surface area contributed by atoms with Crippen LogP contribution in [0.2, 0.25) is 0 Å². The van der Waals surface area contributed by atoms with E-state index in [1.165, 1.54) is 0 Å². The Hall–Kier alpha value is -0.630. The summed E-state index contributed by atoms with van der Waals surface area (Å²) >= 11 is 0. The molecule has 4 nitrogen and oxygen atoms in total. The Balaban J connectivity index is 3.79. The molecule has 0 aromatic heterocycles. The number of likely N-dealkylation sites (N-methyl/N-ethyl adjacent to an activating group) is 1. The second-order valence-electron chi connectivity index (χ2n) is 5.54. The van der Waals surface area contributed by atoms with Gasteiger partial charge in [-0.3, -0.25) is 0 Å². The molecule has 94 valence electrons. The Morgan fingerprint density at radius 3 is 2.38 bits per heavy atom. The van der Waals surface area contributed by atoms with Crippen LogP contribution in [0.15, 0.2) is 0 Å². The number of aliphatic hydroxyl groups excluding tert-OH is 1. The maximum atomic E-state index is 9.78. The molecule has 0 aromatic rings. The Labute approximate surface area is 99.3 Å². The third kappa shape index (κ3) is 8.66. The van der Waals surface area contributed by atoms with Crippen molar-refractivity contribution in [2.45, 2.75) is 39.3 Å². The zero-order valence-corrected chi connectivity index (χ0v) is 11.1. The number of nitrogens with zero attached hydrogens (tertiary/aromatic N) is 2. The zero-order valence-electron chi connectivity index (χ0n) is 11.1. The summed E-state index contributed by atoms with van der Waals surface area (Å²) in [7, 11) is 1.92. The average Bonchev–Trinajstić information content (AvgIpc) is 2.13. The van der Waals surface area contributed by atoms with Gasteiger partial charge in [-0.05, 0) is 34.7 Å². The van der Waals surface area contributed by atoms with E-state index in [1.54, 1.807) is 0 Å². The molecule has 0 saturated heterocycles. The van der Waals surface area contributed by atoms with Gasteiger partial charge in [0.05, 0.1) is 18.1 Å². The minimum atomic E-state index is -0.393. The van der Waals surface area contributed by atoms with Gasteiger partial charge >= 0.3 is 0 Å². The van der Waals surface area contributed by atoms with Crippen molar-refractivity contribution in [3.8, 4) is 6.07 Å². The van der Waals surface area contributed by atoms with Crippen molar-refractivity contribution in [1.29, 1.82) is 5.26 Å². The molecule has 0 saturated carbocycles. The van der Waals surface area contributed by atoms with E-state index in [0.29, 0.717) is 19.6 Å². The number of hydrogen-bond acceptors (Lipinski definition) is 4. The van der Waals surface area contributed by atoms with E-state index in [4.69, 9.17) is 5.26 Å². The summed E-state index contributed by atoms with van der Waals surface area (Å²) in [6.07, 6.45) is -0.393. The number of aliphatic hydroxyl groups is 1. The van der Waals surface area contributed by atoms with Crippen LogP contribution in [0.5, 0.6) is 0 Å². The molecule has 0 fully saturated rings. The lowest BCUT2D eigenvalue weighted by Gasteiger charge is -2.26. The lowest BCUT2D eigenvalue weighted by atomic mass is 10.1. The van der Waals surface area contributed by atoms with E-state index < -0.39 is 6.10 Å². The fraction of sp³-hybridized carbons (Fsp3) is 0.917. The third-order valence-electron chi connectivity index (χ3n) is 2.20. The van der Waals surface area contributed by atoms with Crippen LogP contribution in [-0.2, 0) is 0 Å². The first-order chi connectivity index (χ1) is 7.24. The van der Waals surface area contributed by atoms with Gasteiger partial charge in [-0.1, -0.05) is 0 Å². The molecule has 0 amide bonds. The third-order valence-corrected chi connectivity index (χ3v) is 2.20. The van der Waals surface area contributed by atoms with Gasteiger partial charge in [-0.15, -0.1) is 0 Å². The first kappa shape index (κ1) is 15.4. The summed E-state index contributed by atoms with van der Waals surface area (Å²) in [6, 6.07) is 2.19. The van der Waals surface area contributed by atoms with Gasteiger partial charge in [-0.2, -0.15) is 5.26 Å². The Kier molecular flexibility index (Phi) is 6.58. The van der Waals surface area contributed by atoms with E-state index >= 15 is 0 Å². The lowest BCUT2D eigenvalue weighted by molar-refractivity contribution is 0.114. The topological polar surface area (TPSA) is 59.3 Å². The highest BCUT2D eigenvalue weighted by atomic mass is 16.3. The molecule has 0 bridgehead atoms. The monoisotopic (exact) mass is 227 g/mol. The van der Waals surface area contributed by atoms with Crippen molar-refractivity contribution in [3.63, 3.8) is 0 Å². The zero-order chi connectivity index (χ0) is 12.8. The van der Waals surface area contributed by atoms with E-state index in [9.17, 15) is 5.11 Å². The molecule has 2 unspecified atom stereocenters. The molecule has 2 N–H and O–H groups in total. The van der Waals surface area contributed by atoms with Crippen LogP contribution in [0.1, 0.15) is 27.7 Å². The first-order valence-electron chi connectivity index (χ1n) is 5.76. The highest BCUT2D eigenvalue weighted by Crippen LogP contribution is 2.00. The van der Waals surface area contributed by atoms with Gasteiger partial charge in [0.1, 0.15) is 0 Å². The summed E-state index contributed by atoms with van der Waals surface area (Å²) in [5.41, 5.74) is 0.0273. The van der Waals surface area contributed by atoms with Crippen LogP contribution in [0.3, 0.4) is 0 Å². The van der Waals surface area contributed by atoms with Crippen molar-refractivity contribution in [3.05, 3.63) is 0 Å². The molecule has 2 atom stereocenters. The van der Waals surface area contributed by atoms with Crippen LogP contribution in [-0.4, -0.2) is 48.3 Å². The molecule has 0 aliphatic rings. The Bertz CT molecular complexity index is 229. The molecular weight excluding hydrogens is 202 g/mol. The highest BCUT2D eigenvalue weighted by molar-refractivity contribution is 4.81. The minimum absolute atomic E-state index is 0.00720. The molecule has 0 aromatic carbocycles. The maximum Gasteiger partial charge on any atom is 0.0791 e. The van der Waals surface area contributed by atoms with Crippen LogP contribution < -0.4 is 5.32 Å². The van der Waals surface area contributed by atoms with Crippen LogP contribution in [0.25, 0.3) is 0 Å². The SMILES string of the molecule is CC(C#N)CN(C)CC(O)CNC(C)(C)C. The van der Waals surface area contributed by atoms with Crippen molar-refractivity contribution >= 4 is 0 Å². The van der Waals surface area contributed by atoms with E-state index in [1.807, 2.05) is 18.9 Å². The van der Waals surface area contributed by atoms with E-state index in [-0.39, 0.29) is 11.5 Å². The molecule has 0 radical (unpaired) electrons. The van der Waals surface area contributed by atoms with Crippen molar-refractivity contribution in [2.75, 3.05) is 26.7 Å². The Morgan fingerprint density at radius 2 is 1.94 bits per heavy atom. The van der Waals surface area contributed by atoms with Crippen LogP contribution in [0.4, 0.5) is 0 Å². The van der Waals surface area contributed by atoms with Gasteiger partial charge in [0.25, 0.3) is 0 Å². The predicted octanol–water partition coefficient (Wildman–Crippen LogP) is 0.827. The molecule has 4 heteroatoms. The Morgan fingerprint density at radius 1 is 1.38 bits per heavy atom. The molecule has 0 rings (SSSR count). The molecule has 0 aliphatic heterocycles. The fourth-order valence-corrected chi connectivity index (χ4v) is 1.43. The molecule has 0 spiro atoms. The average molecular weight is 227 g/mol. The second kappa shape index (κ2) is 6.85. The standard InChI is InChI=1S/C12H25N3O/c1-10(6-13)8-15(5)9-11(16)7-14-12(2,3)4/h10-11,14,16H,7-9H2,1-5H3. The predicted molar refractivity (Wildman–Crippen MR) is 66.0 cm³/mol. The van der Waals surface area contributed by atoms with Crippen LogP contribution >= 0.6 is 0 Å². The number of rotatable bonds is 6. The number of nitriles is 1. The van der Waals surface area contributed by atoms with Gasteiger partial charge in [0.2, 0.25) is 0 Å². The summed E-state index contributed by atoms with van der Waals surface area (Å²) in [4.78, 5) is 1.99. The van der Waals surface area contributed by atoms with Crippen LogP contribution in [0, 0.1) is 17.2 Å². The van der Waals surface area contributed by atoms with Crippen molar-refractivity contribution < 1.29 is 5.11 Å². The normalized spacial score (nSPS) is 15.9. The van der Waals surface area contributed by atoms with Crippen molar-refractivity contribution in [2.24, 2.45) is 5.92 Å². The fourth-order valence-electron chi connectivity index (χ4n) is 1.43. The molecule has 0 aliphatic carbocycles. The minimum Gasteiger partial charge on any atom is -0.390 e. The van der Waals surface area contributed by atoms with E-state index in [2.05, 4.69) is 32.2 Å². The van der Waals surface area contributed by atoms with E-state index in [0.717, 1.165) is 0 Å². The summed E-state index contributed by atoms with van der Waals surface area (Å²) < 4.78 is 0. The quantitative estimate of drug-likeness (QED) is 0.705. The largest absolute Gasteiger partial charge is 0.390 e. The summed E-state index contributed by atoms with van der Waals surface area (Å²) in [6.45, 7) is 9.97. The summed E-state index contributed by atoms with van der Waals surface area (Å²) in [5, 5.41) is 21.7. The maximum absolute atomic E-state index is 9.78. The molecule has 16 heavy (non-hydrogen) atoms. The molecular formula is C12H25N3O. The number of β-amino-alcohol motifs (C(OH)–C–C–N with tert-alkyl or cyclic N) is 1. The second-order valence-corrected chi connectivity index (χ2v) is 5.54. The highest BCUT2D eigenvalue weighted by Gasteiger charge is 2.14. The smallest absolute Gasteiger partial charge is 0.0791 e. The molecule has 0 heterocycles. The van der Waals surface area contributed by atoms with Gasteiger partial charge in [0, 0.05) is 25.2 Å². The number of hydrogen-bond donors (Lipinski definition) is 2. The summed E-state index contributed by atoms with van der Waals surface area (Å²) in [5.74, 6) is 0.00720. The van der Waals surface area contributed by atoms with Gasteiger partial charge in [0.15, 0.2) is 0 Å². The number of nitrogens with one attached hydrogen (secondary N) is 1. The van der Waals surface area contributed by atoms with Gasteiger partial charge in [-0.25, -0.2) is 0 Å². The van der Waals surface area contributed by atoms with Gasteiger partial charge < -0.3 is 15.3 Å². The first-order valence-corrected chi connectivity index (χ1v) is 5.76.